The lowest BCUT2D eigenvalue weighted by Crippen LogP contribution is -2.23. The number of anilines is 1. The van der Waals surface area contributed by atoms with Gasteiger partial charge in [0.05, 0.1) is 11.5 Å². The van der Waals surface area contributed by atoms with Gasteiger partial charge in [0.25, 0.3) is 5.69 Å². The number of nitro benzene ring substituents is 1. The first-order valence-electron chi connectivity index (χ1n) is 5.72. The molecule has 0 aromatic heterocycles. The van der Waals surface area contributed by atoms with E-state index in [0.29, 0.717) is 13.2 Å². The molecule has 0 bridgehead atoms. The van der Waals surface area contributed by atoms with Crippen molar-refractivity contribution in [3.05, 3.63) is 33.9 Å². The number of alkyl halides is 1. The number of hydrogen-bond donors (Lipinski definition) is 0. The lowest BCUT2D eigenvalue weighted by Gasteiger charge is -2.21. The van der Waals surface area contributed by atoms with Crippen LogP contribution in [0.4, 0.5) is 11.4 Å². The Labute approximate surface area is 111 Å². The smallest absolute Gasteiger partial charge is 0.269 e. The normalized spacial score (nSPS) is 10.4. The molecule has 0 aliphatic rings. The van der Waals surface area contributed by atoms with Crippen molar-refractivity contribution in [3.8, 4) is 0 Å². The fourth-order valence-corrected chi connectivity index (χ4v) is 1.85. The molecule has 0 saturated carbocycles. The molecule has 0 unspecified atom stereocenters. The molecule has 0 N–H and O–H groups in total. The molecule has 0 saturated heterocycles. The average Bonchev–Trinajstić information content (AvgIpc) is 2.38. The van der Waals surface area contributed by atoms with E-state index >= 15 is 0 Å². The van der Waals surface area contributed by atoms with Crippen LogP contribution in [0.2, 0.25) is 0 Å². The van der Waals surface area contributed by atoms with Gasteiger partial charge in [-0.2, -0.15) is 0 Å². The van der Waals surface area contributed by atoms with Crippen LogP contribution >= 0.6 is 11.6 Å². The number of non-ortho nitro benzene ring substituents is 1. The number of nitrogens with zero attached hydrogens (tertiary/aromatic N) is 2. The van der Waals surface area contributed by atoms with Crippen molar-refractivity contribution in [1.82, 2.24) is 0 Å². The second-order valence-corrected chi connectivity index (χ2v) is 4.09. The number of benzene rings is 1. The molecule has 0 radical (unpaired) electrons. The van der Waals surface area contributed by atoms with Gasteiger partial charge in [0.1, 0.15) is 0 Å². The summed E-state index contributed by atoms with van der Waals surface area (Å²) in [5.41, 5.74) is 1.72. The van der Waals surface area contributed by atoms with Gasteiger partial charge in [0.2, 0.25) is 0 Å². The topological polar surface area (TPSA) is 55.6 Å². The first-order valence-corrected chi connectivity index (χ1v) is 6.25. The van der Waals surface area contributed by atoms with Gasteiger partial charge < -0.3 is 9.64 Å². The molecule has 0 heterocycles. The third kappa shape index (κ3) is 3.85. The largest absolute Gasteiger partial charge is 0.380 e. The third-order valence-electron chi connectivity index (χ3n) is 2.60. The molecule has 0 amide bonds. The fourth-order valence-electron chi connectivity index (χ4n) is 1.63. The second-order valence-electron chi connectivity index (χ2n) is 3.82. The third-order valence-corrected chi connectivity index (χ3v) is 2.89. The van der Waals surface area contributed by atoms with Gasteiger partial charge in [-0.15, -0.1) is 11.6 Å². The van der Waals surface area contributed by atoms with Crippen LogP contribution in [0.5, 0.6) is 0 Å². The highest BCUT2D eigenvalue weighted by atomic mass is 35.5. The van der Waals surface area contributed by atoms with E-state index in [1.165, 1.54) is 12.1 Å². The zero-order valence-electron chi connectivity index (χ0n) is 10.6. The Hall–Kier alpha value is -1.33. The summed E-state index contributed by atoms with van der Waals surface area (Å²) < 4.78 is 5.28. The van der Waals surface area contributed by atoms with Crippen LogP contribution in [0, 0.1) is 10.1 Å². The van der Waals surface area contributed by atoms with Crippen LogP contribution in [0.15, 0.2) is 18.2 Å². The van der Waals surface area contributed by atoms with Gasteiger partial charge in [0, 0.05) is 43.9 Å². The Morgan fingerprint density at radius 3 is 2.78 bits per heavy atom. The van der Waals surface area contributed by atoms with E-state index < -0.39 is 4.92 Å². The van der Waals surface area contributed by atoms with E-state index in [2.05, 4.69) is 0 Å². The highest BCUT2D eigenvalue weighted by molar-refractivity contribution is 6.17. The summed E-state index contributed by atoms with van der Waals surface area (Å²) in [7, 11) is 1.91. The summed E-state index contributed by atoms with van der Waals surface area (Å²) in [4.78, 5) is 12.3. The summed E-state index contributed by atoms with van der Waals surface area (Å²) in [5, 5.41) is 10.7. The highest BCUT2D eigenvalue weighted by Crippen LogP contribution is 2.26. The number of rotatable bonds is 7. The molecule has 0 aliphatic heterocycles. The van der Waals surface area contributed by atoms with Gasteiger partial charge in [-0.25, -0.2) is 0 Å². The van der Waals surface area contributed by atoms with Gasteiger partial charge in [-0.05, 0) is 18.6 Å². The molecule has 5 nitrogen and oxygen atoms in total. The second kappa shape index (κ2) is 7.18. The monoisotopic (exact) mass is 272 g/mol. The van der Waals surface area contributed by atoms with E-state index in [9.17, 15) is 10.1 Å². The van der Waals surface area contributed by atoms with Crippen LogP contribution in [-0.2, 0) is 10.6 Å². The standard InChI is InChI=1S/C12H17ClN2O3/c1-3-18-7-6-14(2)12-5-4-11(15(16)17)8-10(12)9-13/h4-5,8H,3,6-7,9H2,1-2H3. The lowest BCUT2D eigenvalue weighted by molar-refractivity contribution is -0.384. The zero-order chi connectivity index (χ0) is 13.5. The maximum absolute atomic E-state index is 10.7. The number of hydrogen-bond acceptors (Lipinski definition) is 4. The van der Waals surface area contributed by atoms with Crippen LogP contribution in [0.25, 0.3) is 0 Å². The zero-order valence-corrected chi connectivity index (χ0v) is 11.3. The van der Waals surface area contributed by atoms with Gasteiger partial charge in [-0.3, -0.25) is 10.1 Å². The van der Waals surface area contributed by atoms with Crippen LogP contribution in [-0.4, -0.2) is 31.7 Å². The fraction of sp³-hybridized carbons (Fsp3) is 0.500. The molecular weight excluding hydrogens is 256 g/mol. The van der Waals surface area contributed by atoms with Crippen LogP contribution < -0.4 is 4.90 Å². The van der Waals surface area contributed by atoms with Crippen molar-refractivity contribution in [2.45, 2.75) is 12.8 Å². The SMILES string of the molecule is CCOCCN(C)c1ccc([N+](=O)[O-])cc1CCl. The summed E-state index contributed by atoms with van der Waals surface area (Å²) in [6.45, 7) is 3.95. The molecule has 0 spiro atoms. The first-order chi connectivity index (χ1) is 8.60. The Morgan fingerprint density at radius 1 is 1.50 bits per heavy atom. The van der Waals surface area contributed by atoms with E-state index in [1.54, 1.807) is 6.07 Å². The maximum Gasteiger partial charge on any atom is 0.269 e. The molecule has 1 aromatic carbocycles. The molecule has 0 atom stereocenters. The minimum absolute atomic E-state index is 0.0626. The van der Waals surface area contributed by atoms with Gasteiger partial charge >= 0.3 is 0 Å². The van der Waals surface area contributed by atoms with Crippen molar-refractivity contribution in [2.24, 2.45) is 0 Å². The molecule has 6 heteroatoms. The quantitative estimate of drug-likeness (QED) is 0.331. The summed E-state index contributed by atoms with van der Waals surface area (Å²) in [5.74, 6) is 0.246. The predicted octanol–water partition coefficient (Wildman–Crippen LogP) is 2.81. The predicted molar refractivity (Wildman–Crippen MR) is 72.4 cm³/mol. The van der Waals surface area contributed by atoms with Crippen molar-refractivity contribution in [2.75, 3.05) is 31.7 Å². The number of nitro groups is 1. The molecule has 100 valence electrons. The van der Waals surface area contributed by atoms with Crippen LogP contribution in [0.3, 0.4) is 0 Å². The molecule has 1 aromatic rings. The summed E-state index contributed by atoms with van der Waals surface area (Å²) >= 11 is 5.83. The van der Waals surface area contributed by atoms with Crippen molar-refractivity contribution in [1.29, 1.82) is 0 Å². The van der Waals surface area contributed by atoms with Crippen LogP contribution in [0.1, 0.15) is 12.5 Å². The molecule has 0 aliphatic carbocycles. The van der Waals surface area contributed by atoms with E-state index in [1.807, 2.05) is 18.9 Å². The molecule has 18 heavy (non-hydrogen) atoms. The summed E-state index contributed by atoms with van der Waals surface area (Å²) in [6, 6.07) is 4.73. The van der Waals surface area contributed by atoms with Gasteiger partial charge in [-0.1, -0.05) is 0 Å². The number of likely N-dealkylation sites (N-methyl/N-ethyl adjacent to an activating group) is 1. The first kappa shape index (κ1) is 14.7. The Morgan fingerprint density at radius 2 is 2.22 bits per heavy atom. The Bertz CT molecular complexity index is 412. The van der Waals surface area contributed by atoms with E-state index in [-0.39, 0.29) is 11.6 Å². The van der Waals surface area contributed by atoms with Crippen molar-refractivity contribution >= 4 is 23.0 Å². The van der Waals surface area contributed by atoms with Crippen molar-refractivity contribution in [3.63, 3.8) is 0 Å². The Balaban J connectivity index is 2.84. The van der Waals surface area contributed by atoms with Gasteiger partial charge in [0.15, 0.2) is 0 Å². The van der Waals surface area contributed by atoms with E-state index in [4.69, 9.17) is 16.3 Å². The number of ether oxygens (including phenoxy) is 1. The van der Waals surface area contributed by atoms with Crippen molar-refractivity contribution < 1.29 is 9.66 Å². The lowest BCUT2D eigenvalue weighted by atomic mass is 10.1. The highest BCUT2D eigenvalue weighted by Gasteiger charge is 2.12. The summed E-state index contributed by atoms with van der Waals surface area (Å²) in [6.07, 6.45) is 0. The van der Waals surface area contributed by atoms with E-state index in [0.717, 1.165) is 17.8 Å². The number of halogens is 1. The molecule has 0 fully saturated rings. The molecule has 1 rings (SSSR count). The average molecular weight is 273 g/mol. The Kier molecular flexibility index (Phi) is 5.88. The maximum atomic E-state index is 10.7. The minimum Gasteiger partial charge on any atom is -0.380 e. The minimum atomic E-state index is -0.417. The molecular formula is C12H17ClN2O3.